The summed E-state index contributed by atoms with van der Waals surface area (Å²) in [6, 6.07) is 7.34. The van der Waals surface area contributed by atoms with Crippen molar-refractivity contribution in [2.75, 3.05) is 7.11 Å². The number of furan rings is 1. The first-order valence-corrected chi connectivity index (χ1v) is 3.62. The molecule has 2 aromatic rings. The molecule has 0 atom stereocenters. The van der Waals surface area contributed by atoms with Crippen LogP contribution in [0.3, 0.4) is 0 Å². The van der Waals surface area contributed by atoms with E-state index >= 15 is 0 Å². The van der Waals surface area contributed by atoms with E-state index in [9.17, 15) is 0 Å². The fraction of sp³-hybridized carbons (Fsp3) is 0.111. The highest BCUT2D eigenvalue weighted by molar-refractivity contribution is 6.31. The van der Waals surface area contributed by atoms with Crippen molar-refractivity contribution in [2.24, 2.45) is 0 Å². The Morgan fingerprint density at radius 2 is 2.17 bits per heavy atom. The van der Waals surface area contributed by atoms with Crippen molar-refractivity contribution < 1.29 is 9.15 Å². The van der Waals surface area contributed by atoms with Gasteiger partial charge in [-0.25, -0.2) is 0 Å². The Morgan fingerprint density at radius 3 is 2.92 bits per heavy atom. The van der Waals surface area contributed by atoms with E-state index in [4.69, 9.17) is 17.0 Å². The van der Waals surface area contributed by atoms with Crippen molar-refractivity contribution in [1.29, 1.82) is 0 Å². The van der Waals surface area contributed by atoms with Crippen LogP contribution in [0, 0.1) is 0 Å². The zero-order chi connectivity index (χ0) is 8.55. The maximum atomic E-state index is 5.47. The first-order valence-electron chi connectivity index (χ1n) is 3.62. The van der Waals surface area contributed by atoms with Crippen LogP contribution >= 0.6 is 0 Å². The molecule has 12 heavy (non-hydrogen) atoms. The molecule has 0 saturated heterocycles. The van der Waals surface area contributed by atoms with E-state index in [1.165, 1.54) is 0 Å². The highest BCUT2D eigenvalue weighted by atomic mass is 16.5. The van der Waals surface area contributed by atoms with Gasteiger partial charge < -0.3 is 9.15 Å². The first-order chi connectivity index (χ1) is 5.79. The molecule has 2 rings (SSSR count). The largest absolute Gasteiger partial charge is 0.497 e. The van der Waals surface area contributed by atoms with Crippen LogP contribution in [0.25, 0.3) is 11.0 Å². The predicted molar refractivity (Wildman–Crippen MR) is 48.2 cm³/mol. The van der Waals surface area contributed by atoms with Gasteiger partial charge >= 0.3 is 0 Å². The third kappa shape index (κ3) is 1.07. The Hall–Kier alpha value is -1.38. The number of hydrogen-bond donors (Lipinski definition) is 0. The van der Waals surface area contributed by atoms with Gasteiger partial charge in [0.05, 0.1) is 7.11 Å². The molecule has 3 heteroatoms. The molecule has 0 unspecified atom stereocenters. The third-order valence-corrected chi connectivity index (χ3v) is 1.74. The van der Waals surface area contributed by atoms with Gasteiger partial charge in [-0.3, -0.25) is 0 Å². The number of methoxy groups -OCH3 is 1. The van der Waals surface area contributed by atoms with E-state index in [1.54, 1.807) is 13.2 Å². The molecule has 0 bridgehead atoms. The molecule has 58 valence electrons. The standard InChI is InChI=1S/C9H7BO2/c1-11-7-2-3-8-6(4-7)5-9(10)12-8/h2-5H,1H3. The quantitative estimate of drug-likeness (QED) is 0.582. The van der Waals surface area contributed by atoms with Crippen LogP contribution in [-0.4, -0.2) is 15.0 Å². The van der Waals surface area contributed by atoms with Gasteiger partial charge in [-0.2, -0.15) is 0 Å². The van der Waals surface area contributed by atoms with Gasteiger partial charge in [0, 0.05) is 11.0 Å². The summed E-state index contributed by atoms with van der Waals surface area (Å²) in [5.41, 5.74) is 1.21. The van der Waals surface area contributed by atoms with Gasteiger partial charge in [0.25, 0.3) is 0 Å². The lowest BCUT2D eigenvalue weighted by atomic mass is 10.1. The number of rotatable bonds is 1. The van der Waals surface area contributed by atoms with Gasteiger partial charge in [0.15, 0.2) is 7.85 Å². The van der Waals surface area contributed by atoms with Gasteiger partial charge in [-0.05, 0) is 24.3 Å². The van der Waals surface area contributed by atoms with Crippen LogP contribution < -0.4 is 10.4 Å². The van der Waals surface area contributed by atoms with E-state index < -0.39 is 0 Å². The highest BCUT2D eigenvalue weighted by Gasteiger charge is 2.00. The lowest BCUT2D eigenvalue weighted by Gasteiger charge is -1.96. The zero-order valence-corrected chi connectivity index (χ0v) is 6.70. The van der Waals surface area contributed by atoms with Crippen LogP contribution in [0.1, 0.15) is 0 Å². The zero-order valence-electron chi connectivity index (χ0n) is 6.70. The number of ether oxygens (including phenoxy) is 1. The summed E-state index contributed by atoms with van der Waals surface area (Å²) in [5.74, 6) is 0.809. The molecule has 0 fully saturated rings. The average molecular weight is 158 g/mol. The second-order valence-electron chi connectivity index (χ2n) is 2.55. The minimum Gasteiger partial charge on any atom is -0.497 e. The highest BCUT2D eigenvalue weighted by Crippen LogP contribution is 2.19. The summed E-state index contributed by atoms with van der Waals surface area (Å²) >= 11 is 0. The van der Waals surface area contributed by atoms with Crippen molar-refractivity contribution in [2.45, 2.75) is 0 Å². The molecule has 0 spiro atoms. The second-order valence-corrected chi connectivity index (χ2v) is 2.55. The average Bonchev–Trinajstić information content (AvgIpc) is 2.43. The molecule has 2 radical (unpaired) electrons. The summed E-state index contributed by atoms with van der Waals surface area (Å²) < 4.78 is 10.2. The lowest BCUT2D eigenvalue weighted by molar-refractivity contribution is 0.415. The minimum absolute atomic E-state index is 0.429. The van der Waals surface area contributed by atoms with E-state index in [1.807, 2.05) is 18.2 Å². The molecule has 0 amide bonds. The molecule has 2 nitrogen and oxygen atoms in total. The van der Waals surface area contributed by atoms with Crippen molar-refractivity contribution in [3.8, 4) is 5.75 Å². The maximum absolute atomic E-state index is 5.47. The SMILES string of the molecule is [B]c1cc2cc(OC)ccc2o1. The molecule has 0 aliphatic heterocycles. The molecule has 1 heterocycles. The van der Waals surface area contributed by atoms with E-state index in [0.29, 0.717) is 5.66 Å². The van der Waals surface area contributed by atoms with Gasteiger partial charge in [-0.15, -0.1) is 0 Å². The van der Waals surface area contributed by atoms with Gasteiger partial charge in [-0.1, -0.05) is 0 Å². The van der Waals surface area contributed by atoms with Crippen LogP contribution in [-0.2, 0) is 0 Å². The first kappa shape index (κ1) is 7.28. The minimum atomic E-state index is 0.429. The summed E-state index contributed by atoms with van der Waals surface area (Å²) in [5, 5.41) is 0.965. The second kappa shape index (κ2) is 2.59. The van der Waals surface area contributed by atoms with E-state index in [2.05, 4.69) is 0 Å². The molecule has 1 aromatic carbocycles. The van der Waals surface area contributed by atoms with Gasteiger partial charge in [0.1, 0.15) is 11.3 Å². The summed E-state index contributed by atoms with van der Waals surface area (Å²) in [4.78, 5) is 0. The Bertz CT molecular complexity index is 406. The summed E-state index contributed by atoms with van der Waals surface area (Å²) in [6.07, 6.45) is 0. The number of benzene rings is 1. The molecule has 0 saturated carbocycles. The molecular weight excluding hydrogens is 151 g/mol. The predicted octanol–water partition coefficient (Wildman–Crippen LogP) is 1.24. The summed E-state index contributed by atoms with van der Waals surface area (Å²) in [6.45, 7) is 0. The van der Waals surface area contributed by atoms with Crippen LogP contribution in [0.5, 0.6) is 5.75 Å². The number of fused-ring (bicyclic) bond motifs is 1. The topological polar surface area (TPSA) is 22.4 Å². The normalized spacial score (nSPS) is 10.4. The van der Waals surface area contributed by atoms with E-state index in [0.717, 1.165) is 16.7 Å². The Morgan fingerprint density at radius 1 is 1.33 bits per heavy atom. The third-order valence-electron chi connectivity index (χ3n) is 1.74. The molecular formula is C9H7BO2. The smallest absolute Gasteiger partial charge is 0.167 e. The van der Waals surface area contributed by atoms with Crippen LogP contribution in [0.15, 0.2) is 28.7 Å². The Kier molecular flexibility index (Phi) is 1.57. The fourth-order valence-corrected chi connectivity index (χ4v) is 1.17. The maximum Gasteiger partial charge on any atom is 0.167 e. The Labute approximate surface area is 71.5 Å². The molecule has 0 N–H and O–H groups in total. The van der Waals surface area contributed by atoms with Gasteiger partial charge in [0.2, 0.25) is 0 Å². The summed E-state index contributed by atoms with van der Waals surface area (Å²) in [7, 11) is 7.10. The monoisotopic (exact) mass is 158 g/mol. The van der Waals surface area contributed by atoms with Crippen molar-refractivity contribution >= 4 is 24.5 Å². The Balaban J connectivity index is 2.66. The molecule has 0 aliphatic carbocycles. The van der Waals surface area contributed by atoms with E-state index in [-0.39, 0.29) is 0 Å². The molecule has 0 aliphatic rings. The van der Waals surface area contributed by atoms with Crippen molar-refractivity contribution in [1.82, 2.24) is 0 Å². The van der Waals surface area contributed by atoms with Crippen molar-refractivity contribution in [3.05, 3.63) is 24.3 Å². The van der Waals surface area contributed by atoms with Crippen LogP contribution in [0.4, 0.5) is 0 Å². The van der Waals surface area contributed by atoms with Crippen LogP contribution in [0.2, 0.25) is 0 Å². The lowest BCUT2D eigenvalue weighted by Crippen LogP contribution is -1.92. The fourth-order valence-electron chi connectivity index (χ4n) is 1.17. The van der Waals surface area contributed by atoms with Crippen molar-refractivity contribution in [3.63, 3.8) is 0 Å². The molecule has 1 aromatic heterocycles. The number of hydrogen-bond acceptors (Lipinski definition) is 2.